The number of fused-ring (bicyclic) bond motifs is 5. The van der Waals surface area contributed by atoms with E-state index < -0.39 is 0 Å². The Morgan fingerprint density at radius 2 is 1.76 bits per heavy atom. The highest BCUT2D eigenvalue weighted by molar-refractivity contribution is 9.10. The number of hydrogen-bond donors (Lipinski definition) is 0. The van der Waals surface area contributed by atoms with E-state index in [4.69, 9.17) is 9.47 Å². The lowest BCUT2D eigenvalue weighted by Crippen LogP contribution is -2.66. The molecule has 4 rings (SSSR count). The quantitative estimate of drug-likeness (QED) is 0.242. The molecule has 3 nitrogen and oxygen atoms in total. The van der Waals surface area contributed by atoms with Crippen LogP contribution in [-0.2, 0) is 14.3 Å². The van der Waals surface area contributed by atoms with Gasteiger partial charge in [0, 0.05) is 20.5 Å². The smallest absolute Gasteiger partial charge is 0.302 e. The maximum atomic E-state index is 11.7. The third-order valence-corrected chi connectivity index (χ3v) is 13.3. The van der Waals surface area contributed by atoms with Crippen molar-refractivity contribution in [1.29, 1.82) is 0 Å². The molecule has 0 aromatic heterocycles. The molecule has 0 radical (unpaired) electrons. The Morgan fingerprint density at radius 3 is 2.41 bits per heavy atom. The molecule has 4 saturated carbocycles. The van der Waals surface area contributed by atoms with Crippen LogP contribution in [0.2, 0.25) is 0 Å². The highest BCUT2D eigenvalue weighted by Gasteiger charge is 2.67. The first kappa shape index (κ1) is 27.0. The van der Waals surface area contributed by atoms with Gasteiger partial charge < -0.3 is 9.47 Å². The van der Waals surface area contributed by atoms with E-state index in [-0.39, 0.29) is 27.9 Å². The lowest BCUT2D eigenvalue weighted by Gasteiger charge is -2.66. The molecule has 4 aliphatic carbocycles. The molecule has 34 heavy (non-hydrogen) atoms. The molecule has 0 aromatic rings. The van der Waals surface area contributed by atoms with Gasteiger partial charge >= 0.3 is 5.97 Å². The summed E-state index contributed by atoms with van der Waals surface area (Å²) < 4.78 is 11.9. The first-order valence-corrected chi connectivity index (χ1v) is 15.1. The topological polar surface area (TPSA) is 35.5 Å². The molecule has 10 atom stereocenters. The fourth-order valence-electron chi connectivity index (χ4n) is 9.81. The molecule has 0 N–H and O–H groups in total. The molecule has 4 heteroatoms. The summed E-state index contributed by atoms with van der Waals surface area (Å²) in [7, 11) is 1.90. The Hall–Kier alpha value is -0.0900. The Bertz CT molecular complexity index is 739. The zero-order valence-electron chi connectivity index (χ0n) is 23.0. The fraction of sp³-hybridized carbons (Fsp3) is 0.967. The van der Waals surface area contributed by atoms with Crippen molar-refractivity contribution in [2.75, 3.05) is 7.11 Å². The van der Waals surface area contributed by atoms with Crippen LogP contribution in [0, 0.1) is 46.3 Å². The molecule has 0 heterocycles. The summed E-state index contributed by atoms with van der Waals surface area (Å²) in [6.07, 6.45) is 14.1. The average molecular weight is 540 g/mol. The Kier molecular flexibility index (Phi) is 7.92. The van der Waals surface area contributed by atoms with Crippen LogP contribution in [0.5, 0.6) is 0 Å². The van der Waals surface area contributed by atoms with Crippen molar-refractivity contribution in [3.8, 4) is 0 Å². The van der Waals surface area contributed by atoms with Crippen LogP contribution in [-0.4, -0.2) is 29.6 Å². The second-order valence-electron chi connectivity index (χ2n) is 13.6. The van der Waals surface area contributed by atoms with Gasteiger partial charge in [-0.05, 0) is 91.3 Å². The Labute approximate surface area is 218 Å². The SMILES string of the molecule is COC1C[C@H]2[C@@H]3CC[C@H]([C@H](C)CCCC(C)C)[C@@]3(C)CC[C@@H]2[C@@]2(C)CCC(OC(C)=O)CC12Br. The number of hydrogen-bond acceptors (Lipinski definition) is 3. The van der Waals surface area contributed by atoms with Gasteiger partial charge in [-0.15, -0.1) is 0 Å². The van der Waals surface area contributed by atoms with Crippen molar-refractivity contribution in [3.05, 3.63) is 0 Å². The normalized spacial score (nSPS) is 47.0. The predicted molar refractivity (Wildman–Crippen MR) is 143 cm³/mol. The summed E-state index contributed by atoms with van der Waals surface area (Å²) in [6, 6.07) is 0. The van der Waals surface area contributed by atoms with Crippen LogP contribution >= 0.6 is 15.9 Å². The van der Waals surface area contributed by atoms with E-state index in [1.54, 1.807) is 6.92 Å². The van der Waals surface area contributed by atoms with Gasteiger partial charge in [-0.1, -0.05) is 69.8 Å². The van der Waals surface area contributed by atoms with Crippen molar-refractivity contribution in [3.63, 3.8) is 0 Å². The van der Waals surface area contributed by atoms with Crippen LogP contribution < -0.4 is 0 Å². The van der Waals surface area contributed by atoms with Gasteiger partial charge in [0.15, 0.2) is 0 Å². The zero-order valence-corrected chi connectivity index (χ0v) is 24.6. The molecule has 0 aromatic carbocycles. The van der Waals surface area contributed by atoms with Crippen molar-refractivity contribution in [1.82, 2.24) is 0 Å². The molecular weight excluding hydrogens is 488 g/mol. The summed E-state index contributed by atoms with van der Waals surface area (Å²) in [5, 5.41) is 0. The van der Waals surface area contributed by atoms with E-state index in [1.807, 2.05) is 7.11 Å². The maximum Gasteiger partial charge on any atom is 0.302 e. The van der Waals surface area contributed by atoms with Crippen LogP contribution in [0.15, 0.2) is 0 Å². The molecule has 0 saturated heterocycles. The number of ether oxygens (including phenoxy) is 2. The highest BCUT2D eigenvalue weighted by atomic mass is 79.9. The van der Waals surface area contributed by atoms with E-state index in [2.05, 4.69) is 50.5 Å². The van der Waals surface area contributed by atoms with Crippen molar-refractivity contribution < 1.29 is 14.3 Å². The summed E-state index contributed by atoms with van der Waals surface area (Å²) >= 11 is 4.29. The van der Waals surface area contributed by atoms with E-state index in [0.717, 1.165) is 61.2 Å². The minimum absolute atomic E-state index is 0.00977. The van der Waals surface area contributed by atoms with Crippen molar-refractivity contribution >= 4 is 21.9 Å². The Balaban J connectivity index is 1.54. The monoisotopic (exact) mass is 538 g/mol. The number of esters is 1. The maximum absolute atomic E-state index is 11.7. The van der Waals surface area contributed by atoms with E-state index in [9.17, 15) is 4.79 Å². The van der Waals surface area contributed by atoms with Gasteiger partial charge in [-0.25, -0.2) is 0 Å². The van der Waals surface area contributed by atoms with Crippen molar-refractivity contribution in [2.24, 2.45) is 46.3 Å². The Morgan fingerprint density at radius 1 is 1.03 bits per heavy atom. The summed E-state index contributed by atoms with van der Waals surface area (Å²) in [4.78, 5) is 11.7. The zero-order chi connectivity index (χ0) is 24.9. The number of carbonyl (C=O) groups is 1. The summed E-state index contributed by atoms with van der Waals surface area (Å²) in [5.74, 6) is 4.74. The van der Waals surface area contributed by atoms with Crippen molar-refractivity contribution in [2.45, 2.75) is 129 Å². The molecule has 0 bridgehead atoms. The lowest BCUT2D eigenvalue weighted by molar-refractivity contribution is -0.174. The van der Waals surface area contributed by atoms with Crippen LogP contribution in [0.1, 0.15) is 112 Å². The molecule has 4 aliphatic rings. The second-order valence-corrected chi connectivity index (χ2v) is 15.0. The number of methoxy groups -OCH3 is 1. The van der Waals surface area contributed by atoms with Crippen LogP contribution in [0.25, 0.3) is 0 Å². The summed E-state index contributed by atoms with van der Waals surface area (Å²) in [6.45, 7) is 14.0. The molecule has 0 aliphatic heterocycles. The lowest BCUT2D eigenvalue weighted by atomic mass is 9.43. The second kappa shape index (κ2) is 9.99. The van der Waals surface area contributed by atoms with Gasteiger partial charge in [0.1, 0.15) is 6.10 Å². The minimum Gasteiger partial charge on any atom is -0.463 e. The van der Waals surface area contributed by atoms with Gasteiger partial charge in [-0.2, -0.15) is 0 Å². The molecule has 196 valence electrons. The van der Waals surface area contributed by atoms with E-state index in [0.29, 0.717) is 5.41 Å². The number of halogens is 1. The van der Waals surface area contributed by atoms with Crippen LogP contribution in [0.4, 0.5) is 0 Å². The molecule has 3 unspecified atom stereocenters. The molecule has 0 spiro atoms. The number of carbonyl (C=O) groups excluding carboxylic acids is 1. The number of rotatable bonds is 7. The minimum atomic E-state index is -0.152. The molecule has 4 fully saturated rings. The average Bonchev–Trinajstić information content (AvgIpc) is 3.11. The predicted octanol–water partition coefficient (Wildman–Crippen LogP) is 8.18. The van der Waals surface area contributed by atoms with Gasteiger partial charge in [0.25, 0.3) is 0 Å². The number of alkyl halides is 1. The summed E-state index contributed by atoms with van der Waals surface area (Å²) in [5.41, 5.74) is 0.684. The fourth-order valence-corrected chi connectivity index (χ4v) is 11.0. The first-order chi connectivity index (χ1) is 16.0. The first-order valence-electron chi connectivity index (χ1n) is 14.3. The molecular formula is C30H51BrO3. The molecule has 0 amide bonds. The standard InChI is InChI=1S/C30H51BrO3/c1-19(2)9-8-10-20(3)24-11-12-25-23-17-27(33-7)30(31)18-22(34-21(4)32)13-16-29(30,6)26(23)14-15-28(24,25)5/h19-20,22-27H,8-18H2,1-7H3/t20-,22?,23+,24-,25+,26+,27?,28-,29-,30?/m1/s1. The highest BCUT2D eigenvalue weighted by Crippen LogP contribution is 2.71. The van der Waals surface area contributed by atoms with Crippen LogP contribution in [0.3, 0.4) is 0 Å². The van der Waals surface area contributed by atoms with E-state index in [1.165, 1.54) is 44.9 Å². The van der Waals surface area contributed by atoms with E-state index >= 15 is 0 Å². The third kappa shape index (κ3) is 4.44. The largest absolute Gasteiger partial charge is 0.463 e. The van der Waals surface area contributed by atoms with Gasteiger partial charge in [0.2, 0.25) is 0 Å². The van der Waals surface area contributed by atoms with Gasteiger partial charge in [0.05, 0.1) is 10.4 Å². The third-order valence-electron chi connectivity index (χ3n) is 11.5. The van der Waals surface area contributed by atoms with Gasteiger partial charge in [-0.3, -0.25) is 4.79 Å².